The monoisotopic (exact) mass is 402 g/mol. The Balaban J connectivity index is 1.58. The van der Waals surface area contributed by atoms with E-state index >= 15 is 0 Å². The Hall–Kier alpha value is -3.67. The standard InChI is InChI=1S/C24H22N2O4/c1-14-11-19-20(27)8-10-29-23(19)15(2)22(14)30-21-13-17(7-9-26-21)12-16-3-5-18(6-4-16)24(25)28/h3-7,9,11,13H,8,10,12H2,1-2H3,(H2,25,28). The van der Waals surface area contributed by atoms with Gasteiger partial charge in [0.1, 0.15) is 11.5 Å². The lowest BCUT2D eigenvalue weighted by Gasteiger charge is -2.22. The first kappa shape index (κ1) is 19.6. The quantitative estimate of drug-likeness (QED) is 0.692. The van der Waals surface area contributed by atoms with Crippen molar-refractivity contribution in [1.29, 1.82) is 0 Å². The van der Waals surface area contributed by atoms with Gasteiger partial charge in [-0.1, -0.05) is 12.1 Å². The Bertz CT molecular complexity index is 1140. The van der Waals surface area contributed by atoms with Crippen molar-refractivity contribution in [2.45, 2.75) is 26.7 Å². The van der Waals surface area contributed by atoms with Crippen molar-refractivity contribution in [2.24, 2.45) is 5.73 Å². The third kappa shape index (κ3) is 3.89. The highest BCUT2D eigenvalue weighted by molar-refractivity contribution is 6.00. The summed E-state index contributed by atoms with van der Waals surface area (Å²) >= 11 is 0. The Labute approximate surface area is 174 Å². The van der Waals surface area contributed by atoms with Crippen molar-refractivity contribution in [3.63, 3.8) is 0 Å². The SMILES string of the molecule is Cc1cc2c(c(C)c1Oc1cc(Cc3ccc(C(N)=O)cc3)ccn1)OCCC2=O. The van der Waals surface area contributed by atoms with Crippen LogP contribution in [0.4, 0.5) is 0 Å². The van der Waals surface area contributed by atoms with Crippen molar-refractivity contribution in [2.75, 3.05) is 6.61 Å². The van der Waals surface area contributed by atoms with E-state index in [0.29, 0.717) is 48.0 Å². The van der Waals surface area contributed by atoms with E-state index in [9.17, 15) is 9.59 Å². The Morgan fingerprint density at radius 2 is 1.90 bits per heavy atom. The topological polar surface area (TPSA) is 91.5 Å². The van der Waals surface area contributed by atoms with E-state index in [2.05, 4.69) is 4.98 Å². The van der Waals surface area contributed by atoms with E-state index in [1.807, 2.05) is 44.2 Å². The maximum Gasteiger partial charge on any atom is 0.248 e. The van der Waals surface area contributed by atoms with Gasteiger partial charge in [0.05, 0.1) is 12.2 Å². The van der Waals surface area contributed by atoms with Gasteiger partial charge in [-0.05, 0) is 61.2 Å². The number of rotatable bonds is 5. The molecule has 0 spiro atoms. The van der Waals surface area contributed by atoms with Crippen LogP contribution in [0.5, 0.6) is 17.4 Å². The van der Waals surface area contributed by atoms with Crippen LogP contribution in [0.25, 0.3) is 0 Å². The number of amides is 1. The van der Waals surface area contributed by atoms with Crippen LogP contribution in [0.3, 0.4) is 0 Å². The van der Waals surface area contributed by atoms with Crippen LogP contribution in [0.1, 0.15) is 49.4 Å². The number of nitrogens with two attached hydrogens (primary N) is 1. The fourth-order valence-electron chi connectivity index (χ4n) is 3.62. The van der Waals surface area contributed by atoms with Crippen LogP contribution in [0.15, 0.2) is 48.7 Å². The number of aryl methyl sites for hydroxylation is 1. The summed E-state index contributed by atoms with van der Waals surface area (Å²) in [5.74, 6) is 1.37. The number of carbonyl (C=O) groups excluding carboxylic acids is 2. The second-order valence-corrected chi connectivity index (χ2v) is 7.39. The maximum atomic E-state index is 12.2. The highest BCUT2D eigenvalue weighted by Crippen LogP contribution is 2.39. The average Bonchev–Trinajstić information content (AvgIpc) is 2.73. The molecule has 3 aromatic rings. The van der Waals surface area contributed by atoms with Gasteiger partial charge in [-0.3, -0.25) is 9.59 Å². The first-order chi connectivity index (χ1) is 14.4. The van der Waals surface area contributed by atoms with E-state index in [0.717, 1.165) is 22.3 Å². The molecule has 6 nitrogen and oxygen atoms in total. The number of aromatic nitrogens is 1. The molecule has 0 atom stereocenters. The summed E-state index contributed by atoms with van der Waals surface area (Å²) in [6, 6.07) is 12.8. The summed E-state index contributed by atoms with van der Waals surface area (Å²) in [7, 11) is 0. The summed E-state index contributed by atoms with van der Waals surface area (Å²) in [6.07, 6.45) is 2.76. The van der Waals surface area contributed by atoms with Crippen molar-refractivity contribution in [1.82, 2.24) is 4.98 Å². The van der Waals surface area contributed by atoms with Gasteiger partial charge in [0.25, 0.3) is 0 Å². The normalized spacial score (nSPS) is 12.8. The van der Waals surface area contributed by atoms with Crippen molar-refractivity contribution >= 4 is 11.7 Å². The number of hydrogen-bond donors (Lipinski definition) is 1. The second-order valence-electron chi connectivity index (χ2n) is 7.39. The van der Waals surface area contributed by atoms with E-state index < -0.39 is 5.91 Å². The van der Waals surface area contributed by atoms with E-state index in [4.69, 9.17) is 15.2 Å². The minimum atomic E-state index is -0.442. The number of nitrogens with zero attached hydrogens (tertiary/aromatic N) is 1. The van der Waals surface area contributed by atoms with Gasteiger partial charge in [-0.25, -0.2) is 4.98 Å². The predicted octanol–water partition coefficient (Wildman–Crippen LogP) is 4.15. The Morgan fingerprint density at radius 3 is 2.63 bits per heavy atom. The minimum absolute atomic E-state index is 0.0940. The van der Waals surface area contributed by atoms with Gasteiger partial charge in [-0.2, -0.15) is 0 Å². The molecule has 0 fully saturated rings. The smallest absolute Gasteiger partial charge is 0.248 e. The molecule has 6 heteroatoms. The molecule has 30 heavy (non-hydrogen) atoms. The number of ketones is 1. The minimum Gasteiger partial charge on any atom is -0.492 e. The summed E-state index contributed by atoms with van der Waals surface area (Å²) < 4.78 is 11.8. The third-order valence-electron chi connectivity index (χ3n) is 5.17. The summed E-state index contributed by atoms with van der Waals surface area (Å²) in [4.78, 5) is 27.7. The zero-order valence-corrected chi connectivity index (χ0v) is 16.9. The highest BCUT2D eigenvalue weighted by atomic mass is 16.5. The number of benzene rings is 2. The number of Topliss-reactive ketones (excluding diaryl/α,β-unsaturated/α-hetero) is 1. The molecule has 0 radical (unpaired) electrons. The van der Waals surface area contributed by atoms with Crippen molar-refractivity contribution < 1.29 is 19.1 Å². The van der Waals surface area contributed by atoms with Gasteiger partial charge in [0.15, 0.2) is 5.78 Å². The molecular weight excluding hydrogens is 380 g/mol. The number of fused-ring (bicyclic) bond motifs is 1. The number of ether oxygens (including phenoxy) is 2. The molecule has 1 aliphatic heterocycles. The molecule has 2 aromatic carbocycles. The first-order valence-corrected chi connectivity index (χ1v) is 9.74. The van der Waals surface area contributed by atoms with Gasteiger partial charge in [0, 0.05) is 29.8 Å². The van der Waals surface area contributed by atoms with Gasteiger partial charge in [0.2, 0.25) is 11.8 Å². The summed E-state index contributed by atoms with van der Waals surface area (Å²) in [5.41, 5.74) is 10.1. The van der Waals surface area contributed by atoms with E-state index in [-0.39, 0.29) is 5.78 Å². The molecule has 2 heterocycles. The predicted molar refractivity (Wildman–Crippen MR) is 112 cm³/mol. The third-order valence-corrected chi connectivity index (χ3v) is 5.17. The van der Waals surface area contributed by atoms with E-state index in [1.165, 1.54) is 0 Å². The number of pyridine rings is 1. The lowest BCUT2D eigenvalue weighted by Crippen LogP contribution is -2.17. The molecule has 0 saturated heterocycles. The zero-order valence-electron chi connectivity index (χ0n) is 16.9. The highest BCUT2D eigenvalue weighted by Gasteiger charge is 2.24. The van der Waals surface area contributed by atoms with Crippen molar-refractivity contribution in [3.05, 3.63) is 82.0 Å². The van der Waals surface area contributed by atoms with Gasteiger partial charge >= 0.3 is 0 Å². The molecule has 0 bridgehead atoms. The lowest BCUT2D eigenvalue weighted by atomic mass is 9.98. The molecule has 0 saturated carbocycles. The maximum absolute atomic E-state index is 12.2. The second kappa shape index (κ2) is 7.99. The average molecular weight is 402 g/mol. The van der Waals surface area contributed by atoms with Crippen LogP contribution < -0.4 is 15.2 Å². The zero-order chi connectivity index (χ0) is 21.3. The fourth-order valence-corrected chi connectivity index (χ4v) is 3.62. The number of primary amides is 1. The molecule has 4 rings (SSSR count). The Kier molecular flexibility index (Phi) is 5.23. The van der Waals surface area contributed by atoms with Crippen LogP contribution in [-0.4, -0.2) is 23.3 Å². The molecule has 0 aliphatic carbocycles. The first-order valence-electron chi connectivity index (χ1n) is 9.74. The number of carbonyl (C=O) groups is 2. The van der Waals surface area contributed by atoms with Crippen molar-refractivity contribution in [3.8, 4) is 17.4 Å². The van der Waals surface area contributed by atoms with Crippen LogP contribution in [0.2, 0.25) is 0 Å². The summed E-state index contributed by atoms with van der Waals surface area (Å²) in [5, 5.41) is 0. The van der Waals surface area contributed by atoms with Gasteiger partial charge in [-0.15, -0.1) is 0 Å². The van der Waals surface area contributed by atoms with Gasteiger partial charge < -0.3 is 15.2 Å². The summed E-state index contributed by atoms with van der Waals surface area (Å²) in [6.45, 7) is 4.19. The van der Waals surface area contributed by atoms with Crippen LogP contribution in [0, 0.1) is 13.8 Å². The molecule has 1 aliphatic rings. The Morgan fingerprint density at radius 1 is 1.13 bits per heavy atom. The van der Waals surface area contributed by atoms with Crippen LogP contribution in [-0.2, 0) is 6.42 Å². The molecule has 2 N–H and O–H groups in total. The largest absolute Gasteiger partial charge is 0.492 e. The lowest BCUT2D eigenvalue weighted by molar-refractivity contribution is 0.0931. The molecule has 152 valence electrons. The fraction of sp³-hybridized carbons (Fsp3) is 0.208. The molecule has 0 unspecified atom stereocenters. The number of hydrogen-bond acceptors (Lipinski definition) is 5. The molecular formula is C24H22N2O4. The molecule has 1 aromatic heterocycles. The molecule has 1 amide bonds. The van der Waals surface area contributed by atoms with E-state index in [1.54, 1.807) is 18.3 Å². The van der Waals surface area contributed by atoms with Crippen LogP contribution >= 0.6 is 0 Å².